The van der Waals surface area contributed by atoms with E-state index in [1.165, 1.54) is 10.5 Å². The molecule has 0 aliphatic carbocycles. The van der Waals surface area contributed by atoms with E-state index >= 15 is 0 Å². The summed E-state index contributed by atoms with van der Waals surface area (Å²) in [5.74, 6) is -0.161. The smallest absolute Gasteiger partial charge is 0.251 e. The molecule has 2 aromatic carbocycles. The number of hydrogen-bond donors (Lipinski definition) is 0. The van der Waals surface area contributed by atoms with Gasteiger partial charge < -0.3 is 0 Å². The summed E-state index contributed by atoms with van der Waals surface area (Å²) in [5.41, 5.74) is 4.14. The van der Waals surface area contributed by atoms with Crippen molar-refractivity contribution in [2.45, 2.75) is 32.9 Å². The van der Waals surface area contributed by atoms with Crippen LogP contribution in [0.15, 0.2) is 48.5 Å². The van der Waals surface area contributed by atoms with Gasteiger partial charge in [0.05, 0.1) is 18.2 Å². The fourth-order valence-corrected chi connectivity index (χ4v) is 4.21. The average molecular weight is 377 g/mol. The number of rotatable bonds is 4. The summed E-state index contributed by atoms with van der Waals surface area (Å²) < 4.78 is 0. The number of nitrogens with zero attached hydrogens (tertiary/aromatic N) is 3. The molecule has 2 amide bonds. The van der Waals surface area contributed by atoms with E-state index in [4.69, 9.17) is 0 Å². The van der Waals surface area contributed by atoms with Crippen LogP contribution in [0.3, 0.4) is 0 Å². The highest BCUT2D eigenvalue weighted by Crippen LogP contribution is 2.30. The maximum absolute atomic E-state index is 13.1. The van der Waals surface area contributed by atoms with Gasteiger partial charge in [0.15, 0.2) is 0 Å². The van der Waals surface area contributed by atoms with E-state index in [1.807, 2.05) is 38.1 Å². The number of imide groups is 1. The van der Waals surface area contributed by atoms with E-state index in [1.54, 1.807) is 0 Å². The molecule has 0 radical (unpaired) electrons. The highest BCUT2D eigenvalue weighted by Gasteiger charge is 2.43. The lowest BCUT2D eigenvalue weighted by Gasteiger charge is -2.37. The van der Waals surface area contributed by atoms with Gasteiger partial charge in [-0.1, -0.05) is 42.5 Å². The summed E-state index contributed by atoms with van der Waals surface area (Å²) in [7, 11) is 0. The van der Waals surface area contributed by atoms with Crippen molar-refractivity contribution in [1.29, 1.82) is 0 Å². The number of amides is 2. The van der Waals surface area contributed by atoms with Crippen LogP contribution < -0.4 is 4.90 Å². The summed E-state index contributed by atoms with van der Waals surface area (Å²) in [5, 5.41) is 0. The van der Waals surface area contributed by atoms with E-state index in [9.17, 15) is 9.59 Å². The number of carbonyl (C=O) groups excluding carboxylic acids is 2. The van der Waals surface area contributed by atoms with Gasteiger partial charge in [-0.05, 0) is 36.6 Å². The van der Waals surface area contributed by atoms with Crippen molar-refractivity contribution < 1.29 is 9.59 Å². The fraction of sp³-hybridized carbons (Fsp3) is 0.391. The lowest BCUT2D eigenvalue weighted by molar-refractivity contribution is -0.123. The van der Waals surface area contributed by atoms with Gasteiger partial charge >= 0.3 is 0 Å². The molecule has 0 saturated carbocycles. The first-order chi connectivity index (χ1) is 13.5. The van der Waals surface area contributed by atoms with Crippen LogP contribution in [0.5, 0.6) is 0 Å². The van der Waals surface area contributed by atoms with Crippen LogP contribution in [0.25, 0.3) is 0 Å². The Labute approximate surface area is 166 Å². The number of carbonyl (C=O) groups is 2. The van der Waals surface area contributed by atoms with Crippen LogP contribution in [0.2, 0.25) is 0 Å². The highest BCUT2D eigenvalue weighted by atomic mass is 16.2. The SMILES string of the molecule is Cc1cccc(N2C(=O)C[C@H](N3CCN(Cc4ccccc4)CC3)C2=O)c1C. The van der Waals surface area contributed by atoms with Gasteiger partial charge in [0.25, 0.3) is 5.91 Å². The summed E-state index contributed by atoms with van der Waals surface area (Å²) >= 11 is 0. The minimum atomic E-state index is -0.328. The molecule has 0 aromatic heterocycles. The molecule has 5 heteroatoms. The molecule has 2 heterocycles. The lowest BCUT2D eigenvalue weighted by Crippen LogP contribution is -2.52. The molecule has 2 aromatic rings. The second-order valence-corrected chi connectivity index (χ2v) is 7.80. The number of piperazine rings is 1. The standard InChI is InChI=1S/C23H27N3O2/c1-17-7-6-10-20(18(17)2)26-22(27)15-21(23(26)28)25-13-11-24(12-14-25)16-19-8-4-3-5-9-19/h3-10,21H,11-16H2,1-2H3/t21-/m0/s1. The molecule has 28 heavy (non-hydrogen) atoms. The zero-order valence-electron chi connectivity index (χ0n) is 16.6. The van der Waals surface area contributed by atoms with Crippen molar-refractivity contribution in [3.63, 3.8) is 0 Å². The van der Waals surface area contributed by atoms with Crippen molar-refractivity contribution in [3.8, 4) is 0 Å². The maximum Gasteiger partial charge on any atom is 0.251 e. The van der Waals surface area contributed by atoms with E-state index in [2.05, 4.69) is 34.1 Å². The summed E-state index contributed by atoms with van der Waals surface area (Å²) in [6, 6.07) is 15.9. The Morgan fingerprint density at radius 2 is 1.61 bits per heavy atom. The highest BCUT2D eigenvalue weighted by molar-refractivity contribution is 6.22. The topological polar surface area (TPSA) is 43.9 Å². The number of anilines is 1. The first-order valence-electron chi connectivity index (χ1n) is 9.98. The third-order valence-corrected chi connectivity index (χ3v) is 6.04. The maximum atomic E-state index is 13.1. The second kappa shape index (κ2) is 7.86. The van der Waals surface area contributed by atoms with E-state index in [0.29, 0.717) is 0 Å². The van der Waals surface area contributed by atoms with Gasteiger partial charge in [0, 0.05) is 32.7 Å². The molecule has 2 saturated heterocycles. The average Bonchev–Trinajstić information content (AvgIpc) is 3.00. The number of benzene rings is 2. The van der Waals surface area contributed by atoms with E-state index < -0.39 is 0 Å². The van der Waals surface area contributed by atoms with Crippen molar-refractivity contribution in [1.82, 2.24) is 9.80 Å². The monoisotopic (exact) mass is 377 g/mol. The Balaban J connectivity index is 1.41. The first-order valence-corrected chi connectivity index (χ1v) is 9.98. The Morgan fingerprint density at radius 1 is 0.893 bits per heavy atom. The van der Waals surface area contributed by atoms with Gasteiger partial charge in [0.2, 0.25) is 5.91 Å². The lowest BCUT2D eigenvalue weighted by atomic mass is 10.1. The Bertz CT molecular complexity index is 873. The summed E-state index contributed by atoms with van der Waals surface area (Å²) in [6.07, 6.45) is 0.283. The molecule has 146 valence electrons. The Hall–Kier alpha value is -2.50. The van der Waals surface area contributed by atoms with Crippen molar-refractivity contribution in [2.75, 3.05) is 31.1 Å². The molecule has 0 bridgehead atoms. The molecule has 5 nitrogen and oxygen atoms in total. The van der Waals surface area contributed by atoms with Crippen molar-refractivity contribution >= 4 is 17.5 Å². The van der Waals surface area contributed by atoms with Gasteiger partial charge in [-0.2, -0.15) is 0 Å². The molecule has 0 N–H and O–H groups in total. The minimum absolute atomic E-state index is 0.0739. The molecule has 0 unspecified atom stereocenters. The first kappa shape index (κ1) is 18.8. The summed E-state index contributed by atoms with van der Waals surface area (Å²) in [4.78, 5) is 31.8. The van der Waals surface area contributed by atoms with Gasteiger partial charge in [-0.3, -0.25) is 19.4 Å². The van der Waals surface area contributed by atoms with E-state index in [0.717, 1.165) is 49.5 Å². The minimum Gasteiger partial charge on any atom is -0.297 e. The van der Waals surface area contributed by atoms with Crippen LogP contribution >= 0.6 is 0 Å². The van der Waals surface area contributed by atoms with Gasteiger partial charge in [0.1, 0.15) is 0 Å². The zero-order valence-corrected chi connectivity index (χ0v) is 16.6. The van der Waals surface area contributed by atoms with Crippen LogP contribution in [0.1, 0.15) is 23.1 Å². The Morgan fingerprint density at radius 3 is 2.32 bits per heavy atom. The molecule has 2 aliphatic heterocycles. The fourth-order valence-electron chi connectivity index (χ4n) is 4.21. The largest absolute Gasteiger partial charge is 0.297 e. The normalized spacial score (nSPS) is 21.5. The summed E-state index contributed by atoms with van der Waals surface area (Å²) in [6.45, 7) is 8.37. The number of aryl methyl sites for hydroxylation is 1. The molecule has 2 fully saturated rings. The molecule has 0 spiro atoms. The quantitative estimate of drug-likeness (QED) is 0.769. The van der Waals surface area contributed by atoms with Crippen LogP contribution in [-0.4, -0.2) is 53.8 Å². The van der Waals surface area contributed by atoms with Gasteiger partial charge in [-0.15, -0.1) is 0 Å². The third kappa shape index (κ3) is 3.60. The molecule has 4 rings (SSSR count). The predicted octanol–water partition coefficient (Wildman–Crippen LogP) is 2.75. The van der Waals surface area contributed by atoms with Crippen LogP contribution in [0, 0.1) is 13.8 Å². The molecular weight excluding hydrogens is 350 g/mol. The van der Waals surface area contributed by atoms with Crippen molar-refractivity contribution in [2.24, 2.45) is 0 Å². The van der Waals surface area contributed by atoms with Crippen LogP contribution in [0.4, 0.5) is 5.69 Å². The molecular formula is C23H27N3O2. The Kier molecular flexibility index (Phi) is 5.29. The molecule has 2 aliphatic rings. The number of hydrogen-bond acceptors (Lipinski definition) is 4. The zero-order chi connectivity index (χ0) is 19.7. The van der Waals surface area contributed by atoms with Crippen molar-refractivity contribution in [3.05, 3.63) is 65.2 Å². The van der Waals surface area contributed by atoms with Gasteiger partial charge in [-0.25, -0.2) is 4.90 Å². The second-order valence-electron chi connectivity index (χ2n) is 7.80. The van der Waals surface area contributed by atoms with E-state index in [-0.39, 0.29) is 24.3 Å². The molecule has 1 atom stereocenters. The third-order valence-electron chi connectivity index (χ3n) is 6.04. The predicted molar refractivity (Wildman–Crippen MR) is 110 cm³/mol. The van der Waals surface area contributed by atoms with Crippen LogP contribution in [-0.2, 0) is 16.1 Å².